The second kappa shape index (κ2) is 9.68. The number of halogens is 1. The first-order valence-electron chi connectivity index (χ1n) is 8.06. The van der Waals surface area contributed by atoms with Crippen LogP contribution in [0, 0.1) is 5.82 Å². The van der Waals surface area contributed by atoms with Gasteiger partial charge in [-0.05, 0) is 27.1 Å². The molecule has 1 aromatic carbocycles. The third-order valence-corrected chi connectivity index (χ3v) is 3.96. The number of nitrogens with zero attached hydrogens (tertiary/aromatic N) is 2. The lowest BCUT2D eigenvalue weighted by molar-refractivity contribution is -0.147. The molecule has 0 bridgehead atoms. The summed E-state index contributed by atoms with van der Waals surface area (Å²) in [5, 5.41) is 2.56. The molecule has 0 radical (unpaired) electrons. The Kier molecular flexibility index (Phi) is 8.17. The summed E-state index contributed by atoms with van der Waals surface area (Å²) >= 11 is 0. The summed E-state index contributed by atoms with van der Waals surface area (Å²) in [5.41, 5.74) is 0.346. The number of rotatable bonds is 5. The van der Waals surface area contributed by atoms with E-state index in [0.29, 0.717) is 5.56 Å². The fourth-order valence-corrected chi connectivity index (χ4v) is 2.53. The molecule has 0 saturated carbocycles. The van der Waals surface area contributed by atoms with Crippen LogP contribution in [-0.2, 0) is 31.3 Å². The van der Waals surface area contributed by atoms with Crippen LogP contribution in [0.1, 0.15) is 18.9 Å². The molecule has 1 aromatic rings. The average molecular weight is 419 g/mol. The normalized spacial score (nSPS) is 18.0. The van der Waals surface area contributed by atoms with Gasteiger partial charge < -0.3 is 5.32 Å². The zero-order valence-corrected chi connectivity index (χ0v) is 16.3. The van der Waals surface area contributed by atoms with E-state index in [2.05, 4.69) is 5.32 Å². The number of amides is 3. The lowest BCUT2D eigenvalue weighted by atomic mass is 10.2. The van der Waals surface area contributed by atoms with Gasteiger partial charge in [0.1, 0.15) is 11.9 Å². The Balaban J connectivity index is 0.000000696. The maximum Gasteiger partial charge on any atom is 0.394 e. The number of hydrogen-bond donors (Lipinski definition) is 3. The number of hydrogen-bond acceptors (Lipinski definition) is 6. The Morgan fingerprint density at radius 3 is 2.32 bits per heavy atom. The van der Waals surface area contributed by atoms with Gasteiger partial charge in [-0.1, -0.05) is 18.2 Å². The molecule has 28 heavy (non-hydrogen) atoms. The van der Waals surface area contributed by atoms with Crippen molar-refractivity contribution in [2.75, 3.05) is 14.1 Å². The van der Waals surface area contributed by atoms with Crippen molar-refractivity contribution >= 4 is 28.1 Å². The van der Waals surface area contributed by atoms with Gasteiger partial charge in [-0.3, -0.25) is 33.3 Å². The number of benzene rings is 1. The fourth-order valence-electron chi connectivity index (χ4n) is 2.53. The zero-order valence-electron chi connectivity index (χ0n) is 15.5. The van der Waals surface area contributed by atoms with Crippen molar-refractivity contribution in [2.24, 2.45) is 0 Å². The van der Waals surface area contributed by atoms with E-state index >= 15 is 0 Å². The summed E-state index contributed by atoms with van der Waals surface area (Å²) in [6.45, 7) is 1.49. The fraction of sp³-hybridized carbons (Fsp3) is 0.438. The van der Waals surface area contributed by atoms with E-state index in [1.54, 1.807) is 37.2 Å². The van der Waals surface area contributed by atoms with Crippen molar-refractivity contribution in [1.29, 1.82) is 0 Å². The Bertz CT molecular complexity index is 836. The molecule has 1 heterocycles. The van der Waals surface area contributed by atoms with Gasteiger partial charge >= 0.3 is 10.4 Å². The molecule has 3 N–H and O–H groups in total. The van der Waals surface area contributed by atoms with Crippen molar-refractivity contribution in [3.05, 3.63) is 35.6 Å². The first-order chi connectivity index (χ1) is 12.8. The molecule has 3 amide bonds. The molecule has 1 fully saturated rings. The summed E-state index contributed by atoms with van der Waals surface area (Å²) in [7, 11) is -1.25. The first kappa shape index (κ1) is 23.6. The zero-order chi connectivity index (χ0) is 21.6. The summed E-state index contributed by atoms with van der Waals surface area (Å²) in [5.74, 6) is -1.66. The van der Waals surface area contributed by atoms with E-state index in [9.17, 15) is 18.8 Å². The summed E-state index contributed by atoms with van der Waals surface area (Å²) in [6.07, 6.45) is 0.0662. The predicted octanol–water partition coefficient (Wildman–Crippen LogP) is -0.133. The molecule has 1 aliphatic rings. The lowest BCUT2D eigenvalue weighted by Crippen LogP contribution is -2.49. The highest BCUT2D eigenvalue weighted by molar-refractivity contribution is 7.79. The first-order valence-corrected chi connectivity index (χ1v) is 9.46. The quantitative estimate of drug-likeness (QED) is 0.442. The van der Waals surface area contributed by atoms with Crippen LogP contribution in [0.25, 0.3) is 0 Å². The molecule has 156 valence electrons. The van der Waals surface area contributed by atoms with Crippen LogP contribution in [0.15, 0.2) is 24.3 Å². The summed E-state index contributed by atoms with van der Waals surface area (Å²) < 4.78 is 45.1. The minimum atomic E-state index is -4.67. The van der Waals surface area contributed by atoms with Crippen molar-refractivity contribution < 1.29 is 36.3 Å². The van der Waals surface area contributed by atoms with Crippen LogP contribution in [0.3, 0.4) is 0 Å². The number of imide groups is 1. The average Bonchev–Trinajstić information content (AvgIpc) is 2.86. The molecule has 0 spiro atoms. The van der Waals surface area contributed by atoms with Crippen LogP contribution in [-0.4, -0.2) is 71.2 Å². The monoisotopic (exact) mass is 419 g/mol. The van der Waals surface area contributed by atoms with Gasteiger partial charge in [0, 0.05) is 12.1 Å². The Morgan fingerprint density at radius 2 is 1.86 bits per heavy atom. The van der Waals surface area contributed by atoms with E-state index in [1.165, 1.54) is 13.0 Å². The van der Waals surface area contributed by atoms with E-state index < -0.39 is 34.2 Å². The highest BCUT2D eigenvalue weighted by Gasteiger charge is 2.43. The molecule has 12 heteroatoms. The van der Waals surface area contributed by atoms with Crippen molar-refractivity contribution in [1.82, 2.24) is 15.1 Å². The third-order valence-electron chi connectivity index (χ3n) is 3.96. The van der Waals surface area contributed by atoms with Gasteiger partial charge in [0.25, 0.3) is 0 Å². The van der Waals surface area contributed by atoms with Crippen molar-refractivity contribution in [3.63, 3.8) is 0 Å². The predicted molar refractivity (Wildman–Crippen MR) is 95.8 cm³/mol. The van der Waals surface area contributed by atoms with Gasteiger partial charge in [-0.25, -0.2) is 4.39 Å². The van der Waals surface area contributed by atoms with Gasteiger partial charge in [0.05, 0.1) is 12.5 Å². The van der Waals surface area contributed by atoms with Crippen LogP contribution in [0.4, 0.5) is 4.39 Å². The van der Waals surface area contributed by atoms with Crippen LogP contribution < -0.4 is 5.32 Å². The maximum absolute atomic E-state index is 13.5. The third kappa shape index (κ3) is 6.96. The number of likely N-dealkylation sites (N-methyl/N-ethyl adjacent to an activating group) is 1. The van der Waals surface area contributed by atoms with Crippen LogP contribution in [0.5, 0.6) is 0 Å². The number of carbonyl (C=O) groups is 3. The SMILES string of the molecule is C[C@@H](C(=O)NCc1ccccc1F)N1C(=O)CC(N(C)C)C1=O.O=S(=O)(O)O. The molecular weight excluding hydrogens is 397 g/mol. The second-order valence-corrected chi connectivity index (χ2v) is 7.11. The van der Waals surface area contributed by atoms with E-state index in [0.717, 1.165) is 4.90 Å². The number of nitrogens with one attached hydrogen (secondary N) is 1. The van der Waals surface area contributed by atoms with Crippen LogP contribution >= 0.6 is 0 Å². The van der Waals surface area contributed by atoms with Gasteiger partial charge in [-0.15, -0.1) is 0 Å². The molecule has 2 rings (SSSR count). The minimum Gasteiger partial charge on any atom is -0.350 e. The highest BCUT2D eigenvalue weighted by atomic mass is 32.3. The van der Waals surface area contributed by atoms with Gasteiger partial charge in [0.2, 0.25) is 17.7 Å². The largest absolute Gasteiger partial charge is 0.394 e. The Hall–Kier alpha value is -2.41. The van der Waals surface area contributed by atoms with Gasteiger partial charge in [0.15, 0.2) is 0 Å². The second-order valence-electron chi connectivity index (χ2n) is 6.22. The lowest BCUT2D eigenvalue weighted by Gasteiger charge is -2.23. The topological polar surface area (TPSA) is 144 Å². The molecule has 1 unspecified atom stereocenters. The molecule has 0 aromatic heterocycles. The molecule has 1 saturated heterocycles. The maximum atomic E-state index is 13.5. The molecular formula is C16H22FN3O7S. The standard InChI is InChI=1S/C16H20FN3O3.H2O4S/c1-10(20-14(21)8-13(16(20)23)19(2)3)15(22)18-9-11-6-4-5-7-12(11)17;1-5(2,3)4/h4-7,10,13H,8-9H2,1-3H3,(H,18,22);(H2,1,2,3,4)/t10-,13?;/m0./s1. The van der Waals surface area contributed by atoms with E-state index in [-0.39, 0.29) is 24.8 Å². The summed E-state index contributed by atoms with van der Waals surface area (Å²) in [6, 6.07) is 4.64. The van der Waals surface area contributed by atoms with E-state index in [1.807, 2.05) is 0 Å². The molecule has 10 nitrogen and oxygen atoms in total. The summed E-state index contributed by atoms with van der Waals surface area (Å²) in [4.78, 5) is 39.1. The van der Waals surface area contributed by atoms with E-state index in [4.69, 9.17) is 17.5 Å². The van der Waals surface area contributed by atoms with Crippen molar-refractivity contribution in [2.45, 2.75) is 32.0 Å². The molecule has 1 aliphatic heterocycles. The highest BCUT2D eigenvalue weighted by Crippen LogP contribution is 2.19. The number of carbonyl (C=O) groups excluding carboxylic acids is 3. The smallest absolute Gasteiger partial charge is 0.350 e. The Labute approximate surface area is 161 Å². The Morgan fingerprint density at radius 1 is 1.32 bits per heavy atom. The molecule has 0 aliphatic carbocycles. The van der Waals surface area contributed by atoms with Crippen molar-refractivity contribution in [3.8, 4) is 0 Å². The number of likely N-dealkylation sites (tertiary alicyclic amines) is 1. The van der Waals surface area contributed by atoms with Crippen LogP contribution in [0.2, 0.25) is 0 Å². The minimum absolute atomic E-state index is 0.00315. The molecule has 2 atom stereocenters. The van der Waals surface area contributed by atoms with Gasteiger partial charge in [-0.2, -0.15) is 8.42 Å².